The summed E-state index contributed by atoms with van der Waals surface area (Å²) in [6.45, 7) is 0.931. The zero-order valence-electron chi connectivity index (χ0n) is 20.4. The molecule has 2 fully saturated rings. The molecule has 1 aliphatic heterocycles. The van der Waals surface area contributed by atoms with Crippen LogP contribution in [0.2, 0.25) is 0 Å². The van der Waals surface area contributed by atoms with E-state index in [-0.39, 0.29) is 28.3 Å². The fraction of sp³-hybridized carbons (Fsp3) is 0.444. The molecule has 0 atom stereocenters. The first-order valence-corrected chi connectivity index (χ1v) is 15.0. The number of sulfonamides is 1. The Labute approximate surface area is 216 Å². The maximum Gasteiger partial charge on any atom is 0.241 e. The van der Waals surface area contributed by atoms with Gasteiger partial charge in [0.15, 0.2) is 0 Å². The first-order valence-electron chi connectivity index (χ1n) is 12.4. The monoisotopic (exact) mass is 529 g/mol. The van der Waals surface area contributed by atoms with E-state index in [1.807, 2.05) is 17.8 Å². The number of benzene rings is 2. The first-order chi connectivity index (χ1) is 17.4. The van der Waals surface area contributed by atoms with Gasteiger partial charge in [-0.3, -0.25) is 4.98 Å². The molecule has 1 aromatic heterocycles. The quantitative estimate of drug-likeness (QED) is 0.402. The van der Waals surface area contributed by atoms with Gasteiger partial charge in [-0.2, -0.15) is 11.8 Å². The van der Waals surface area contributed by atoms with Crippen molar-refractivity contribution in [3.05, 3.63) is 66.2 Å². The summed E-state index contributed by atoms with van der Waals surface area (Å²) in [6.07, 6.45) is 8.04. The van der Waals surface area contributed by atoms with Crippen molar-refractivity contribution in [1.82, 2.24) is 9.71 Å². The Hall–Kier alpha value is -2.20. The number of aromatic nitrogens is 1. The van der Waals surface area contributed by atoms with Crippen molar-refractivity contribution in [2.45, 2.75) is 48.0 Å². The Balaban J connectivity index is 1.38. The van der Waals surface area contributed by atoms with E-state index >= 15 is 0 Å². The smallest absolute Gasteiger partial charge is 0.241 e. The van der Waals surface area contributed by atoms with Crippen LogP contribution in [-0.4, -0.2) is 50.7 Å². The van der Waals surface area contributed by atoms with E-state index in [9.17, 15) is 12.8 Å². The van der Waals surface area contributed by atoms with Gasteiger partial charge in [0, 0.05) is 54.5 Å². The van der Waals surface area contributed by atoms with Gasteiger partial charge in [0.25, 0.3) is 0 Å². The minimum absolute atomic E-state index is 0.219. The van der Waals surface area contributed by atoms with Crippen molar-refractivity contribution in [2.24, 2.45) is 0 Å². The van der Waals surface area contributed by atoms with E-state index in [0.717, 1.165) is 60.2 Å². The normalized spacial score (nSPS) is 19.1. The molecule has 6 nitrogen and oxygen atoms in total. The van der Waals surface area contributed by atoms with Gasteiger partial charge in [0.1, 0.15) is 5.82 Å². The van der Waals surface area contributed by atoms with Crippen molar-refractivity contribution in [2.75, 3.05) is 37.0 Å². The van der Waals surface area contributed by atoms with Gasteiger partial charge in [0.05, 0.1) is 10.5 Å². The summed E-state index contributed by atoms with van der Waals surface area (Å²) in [5, 5.41) is 4.89. The van der Waals surface area contributed by atoms with E-state index in [0.29, 0.717) is 11.9 Å². The van der Waals surface area contributed by atoms with Gasteiger partial charge in [-0.25, -0.2) is 17.5 Å². The Bertz CT molecular complexity index is 1320. The summed E-state index contributed by atoms with van der Waals surface area (Å²) in [7, 11) is -2.03. The lowest BCUT2D eigenvalue weighted by Crippen LogP contribution is -2.45. The van der Waals surface area contributed by atoms with Gasteiger partial charge in [-0.05, 0) is 73.1 Å². The summed E-state index contributed by atoms with van der Waals surface area (Å²) in [5.74, 6) is 1.85. The second kappa shape index (κ2) is 10.3. The number of hydrogen-bond donors (Lipinski definition) is 2. The summed E-state index contributed by atoms with van der Waals surface area (Å²) in [6, 6.07) is 11.6. The number of ether oxygens (including phenoxy) is 1. The highest BCUT2D eigenvalue weighted by molar-refractivity contribution is 7.99. The standard InChI is InChI=1S/C27H32FN3O3S2/c1-34-27(12-15-35-16-13-27)19-30-24-7-8-25(22-9-14-29-17-23(22)24)36(32,33)31-18-26(10-2-11-26)20-3-5-21(28)6-4-20/h3-9,14,17,30-31H,2,10-13,15-16,18-19H2,1H3. The van der Waals surface area contributed by atoms with Gasteiger partial charge >= 0.3 is 0 Å². The Morgan fingerprint density at radius 3 is 2.42 bits per heavy atom. The second-order valence-corrected chi connectivity index (χ2v) is 12.8. The number of methoxy groups -OCH3 is 1. The molecular weight excluding hydrogens is 497 g/mol. The van der Waals surface area contributed by atoms with E-state index in [1.165, 1.54) is 12.1 Å². The fourth-order valence-electron chi connectivity index (χ4n) is 5.29. The van der Waals surface area contributed by atoms with Gasteiger partial charge in [0.2, 0.25) is 10.0 Å². The summed E-state index contributed by atoms with van der Waals surface area (Å²) < 4.78 is 49.2. The maximum absolute atomic E-state index is 13.5. The highest BCUT2D eigenvalue weighted by atomic mass is 32.2. The molecule has 1 saturated heterocycles. The molecule has 0 bridgehead atoms. The first kappa shape index (κ1) is 25.4. The average Bonchev–Trinajstić information content (AvgIpc) is 2.88. The molecule has 36 heavy (non-hydrogen) atoms. The number of hydrogen-bond acceptors (Lipinski definition) is 6. The van der Waals surface area contributed by atoms with Crippen LogP contribution in [0.15, 0.2) is 59.8 Å². The fourth-order valence-corrected chi connectivity index (χ4v) is 7.86. The molecule has 192 valence electrons. The topological polar surface area (TPSA) is 80.3 Å². The number of fused-ring (bicyclic) bond motifs is 1. The lowest BCUT2D eigenvalue weighted by Gasteiger charge is -2.42. The molecule has 2 heterocycles. The average molecular weight is 530 g/mol. The number of pyridine rings is 1. The third kappa shape index (κ3) is 4.98. The van der Waals surface area contributed by atoms with E-state index in [1.54, 1.807) is 43.8 Å². The number of thioether (sulfide) groups is 1. The van der Waals surface area contributed by atoms with Gasteiger partial charge in [-0.15, -0.1) is 0 Å². The van der Waals surface area contributed by atoms with Crippen LogP contribution in [0.3, 0.4) is 0 Å². The molecule has 1 saturated carbocycles. The number of rotatable bonds is 9. The van der Waals surface area contributed by atoms with E-state index in [2.05, 4.69) is 15.0 Å². The molecule has 0 spiro atoms. The van der Waals surface area contributed by atoms with E-state index in [4.69, 9.17) is 4.74 Å². The highest BCUT2D eigenvalue weighted by Crippen LogP contribution is 2.43. The SMILES string of the molecule is COC1(CNc2ccc(S(=O)(=O)NCC3(c4ccc(F)cc4)CCC3)c3ccncc23)CCSCC1. The number of nitrogens with one attached hydrogen (secondary N) is 2. The van der Waals surface area contributed by atoms with Crippen LogP contribution < -0.4 is 10.0 Å². The third-order valence-corrected chi connectivity index (χ3v) is 10.3. The molecule has 2 aliphatic rings. The summed E-state index contributed by atoms with van der Waals surface area (Å²) in [5.41, 5.74) is 1.30. The number of nitrogens with zero attached hydrogens (tertiary/aromatic N) is 1. The zero-order chi connectivity index (χ0) is 25.2. The summed E-state index contributed by atoms with van der Waals surface area (Å²) >= 11 is 1.94. The molecule has 3 aromatic rings. The molecule has 0 radical (unpaired) electrons. The van der Waals surface area contributed by atoms with E-state index < -0.39 is 10.0 Å². The molecule has 2 aromatic carbocycles. The van der Waals surface area contributed by atoms with Crippen LogP contribution in [0.1, 0.15) is 37.7 Å². The Morgan fingerprint density at radius 2 is 1.75 bits per heavy atom. The molecule has 9 heteroatoms. The van der Waals surface area contributed by atoms with Gasteiger partial charge < -0.3 is 10.1 Å². The Morgan fingerprint density at radius 1 is 1.00 bits per heavy atom. The number of halogens is 1. The van der Waals surface area contributed by atoms with Gasteiger partial charge in [-0.1, -0.05) is 18.6 Å². The molecule has 0 unspecified atom stereocenters. The second-order valence-electron chi connectivity index (χ2n) is 9.85. The predicted molar refractivity (Wildman–Crippen MR) is 144 cm³/mol. The third-order valence-electron chi connectivity index (χ3n) is 7.87. The van der Waals surface area contributed by atoms with Crippen molar-refractivity contribution in [3.63, 3.8) is 0 Å². The van der Waals surface area contributed by atoms with Crippen LogP contribution in [0.4, 0.5) is 10.1 Å². The minimum atomic E-state index is -3.79. The predicted octanol–water partition coefficient (Wildman–Crippen LogP) is 5.10. The largest absolute Gasteiger partial charge is 0.382 e. The number of anilines is 1. The van der Waals surface area contributed by atoms with Crippen LogP contribution in [0, 0.1) is 5.82 Å². The lowest BCUT2D eigenvalue weighted by molar-refractivity contribution is -0.00545. The van der Waals surface area contributed by atoms with Crippen LogP contribution in [0.25, 0.3) is 10.8 Å². The minimum Gasteiger partial charge on any atom is -0.382 e. The molecule has 0 amide bonds. The zero-order valence-corrected chi connectivity index (χ0v) is 22.1. The lowest BCUT2D eigenvalue weighted by atomic mass is 9.64. The maximum atomic E-state index is 13.5. The molecule has 2 N–H and O–H groups in total. The Kier molecular flexibility index (Phi) is 7.27. The van der Waals surface area contributed by atoms with Crippen LogP contribution >= 0.6 is 11.8 Å². The van der Waals surface area contributed by atoms with Crippen molar-refractivity contribution < 1.29 is 17.5 Å². The summed E-state index contributed by atoms with van der Waals surface area (Å²) in [4.78, 5) is 4.49. The van der Waals surface area contributed by atoms with Crippen molar-refractivity contribution >= 4 is 38.2 Å². The molecular formula is C27H32FN3O3S2. The van der Waals surface area contributed by atoms with Crippen molar-refractivity contribution in [3.8, 4) is 0 Å². The van der Waals surface area contributed by atoms with Crippen LogP contribution in [0.5, 0.6) is 0 Å². The molecule has 1 aliphatic carbocycles. The van der Waals surface area contributed by atoms with Crippen LogP contribution in [-0.2, 0) is 20.2 Å². The highest BCUT2D eigenvalue weighted by Gasteiger charge is 2.40. The van der Waals surface area contributed by atoms with Crippen molar-refractivity contribution in [1.29, 1.82) is 0 Å². The molecule has 5 rings (SSSR count).